The molecule has 2 saturated heterocycles. The molecule has 0 aromatic heterocycles. The third-order valence-electron chi connectivity index (χ3n) is 6.88. The van der Waals surface area contributed by atoms with Crippen LogP contribution in [0, 0.1) is 0 Å². The number of carboxylic acid groups (broad SMARTS) is 1. The van der Waals surface area contributed by atoms with Crippen molar-refractivity contribution in [3.8, 4) is 0 Å². The number of nitrogens with zero attached hydrogens (tertiary/aromatic N) is 1. The van der Waals surface area contributed by atoms with Gasteiger partial charge in [0.15, 0.2) is 0 Å². The molecular weight excluding hydrogens is 438 g/mol. The molecule has 0 radical (unpaired) electrons. The fraction of sp³-hybridized carbons (Fsp3) is 0.583. The largest absolute Gasteiger partial charge is 0.483 e. The minimum absolute atomic E-state index is 0.0153. The molecule has 34 heavy (non-hydrogen) atoms. The predicted octanol–water partition coefficient (Wildman–Crippen LogP) is 0.284. The zero-order valence-electron chi connectivity index (χ0n) is 19.8. The number of rotatable bonds is 5. The average Bonchev–Trinajstić information content (AvgIpc) is 3.20. The van der Waals surface area contributed by atoms with Gasteiger partial charge in [-0.3, -0.25) is 24.5 Å². The second kappa shape index (κ2) is 11.9. The summed E-state index contributed by atoms with van der Waals surface area (Å²) in [6.07, 6.45) is 4.69. The van der Waals surface area contributed by atoms with Crippen molar-refractivity contribution in [1.29, 1.82) is 0 Å². The highest BCUT2D eigenvalue weighted by molar-refractivity contribution is 5.94. The number of fused-ring (bicyclic) bond motifs is 2. The molecule has 10 heteroatoms. The second-order valence-electron chi connectivity index (χ2n) is 8.93. The highest BCUT2D eigenvalue weighted by atomic mass is 16.3. The predicted molar refractivity (Wildman–Crippen MR) is 126 cm³/mol. The molecule has 0 bridgehead atoms. The lowest BCUT2D eigenvalue weighted by Gasteiger charge is -2.33. The summed E-state index contributed by atoms with van der Waals surface area (Å²) in [7, 11) is 1.71. The Morgan fingerprint density at radius 2 is 1.88 bits per heavy atom. The average molecular weight is 474 g/mol. The number of likely N-dealkylation sites (N-methyl/N-ethyl adjacent to an activating group) is 1. The SMILES string of the molecule is CN[C@@H](C)C(=O)N[C@H]1CCN[C@H]2CCC(C(=O)N[C@@H]3CCCc4ccccc43)N2C1=O.O=CO. The molecule has 186 valence electrons. The Balaban J connectivity index is 0.00000103. The number of benzene rings is 1. The summed E-state index contributed by atoms with van der Waals surface area (Å²) < 4.78 is 0. The summed E-state index contributed by atoms with van der Waals surface area (Å²) in [4.78, 5) is 49.0. The smallest absolute Gasteiger partial charge is 0.290 e. The molecule has 5 atom stereocenters. The molecule has 2 heterocycles. The van der Waals surface area contributed by atoms with Crippen molar-refractivity contribution >= 4 is 24.2 Å². The van der Waals surface area contributed by atoms with Gasteiger partial charge >= 0.3 is 0 Å². The van der Waals surface area contributed by atoms with E-state index in [0.717, 1.165) is 25.7 Å². The molecule has 2 aliphatic heterocycles. The van der Waals surface area contributed by atoms with Crippen LogP contribution in [-0.2, 0) is 25.6 Å². The first-order valence-corrected chi connectivity index (χ1v) is 11.9. The molecule has 1 aliphatic carbocycles. The van der Waals surface area contributed by atoms with Crippen molar-refractivity contribution in [2.45, 2.75) is 75.8 Å². The summed E-state index contributed by atoms with van der Waals surface area (Å²) in [5.41, 5.74) is 2.47. The van der Waals surface area contributed by atoms with E-state index < -0.39 is 12.1 Å². The quantitative estimate of drug-likeness (QED) is 0.387. The van der Waals surface area contributed by atoms with Gasteiger partial charge in [0, 0.05) is 0 Å². The Labute approximate surface area is 199 Å². The van der Waals surface area contributed by atoms with Gasteiger partial charge in [-0.15, -0.1) is 0 Å². The van der Waals surface area contributed by atoms with Crippen LogP contribution in [0.5, 0.6) is 0 Å². The van der Waals surface area contributed by atoms with Gasteiger partial charge < -0.3 is 26.0 Å². The molecule has 1 aromatic carbocycles. The molecule has 0 saturated carbocycles. The van der Waals surface area contributed by atoms with Gasteiger partial charge in [-0.2, -0.15) is 0 Å². The highest BCUT2D eigenvalue weighted by Gasteiger charge is 2.45. The number of aryl methyl sites for hydroxylation is 1. The molecular formula is C24H35N5O5. The normalized spacial score (nSPS) is 26.6. The van der Waals surface area contributed by atoms with Crippen molar-refractivity contribution in [2.24, 2.45) is 0 Å². The first-order valence-electron chi connectivity index (χ1n) is 11.9. The molecule has 2 fully saturated rings. The number of amides is 3. The number of nitrogens with one attached hydrogen (secondary N) is 4. The topological polar surface area (TPSA) is 140 Å². The Bertz CT molecular complexity index is 894. The van der Waals surface area contributed by atoms with Crippen LogP contribution in [0.3, 0.4) is 0 Å². The summed E-state index contributed by atoms with van der Waals surface area (Å²) in [6, 6.07) is 6.72. The molecule has 10 nitrogen and oxygen atoms in total. The van der Waals surface area contributed by atoms with Gasteiger partial charge in [0.2, 0.25) is 17.7 Å². The minimum Gasteiger partial charge on any atom is -0.483 e. The maximum atomic E-state index is 13.3. The van der Waals surface area contributed by atoms with Crippen LogP contribution in [0.15, 0.2) is 24.3 Å². The first-order chi connectivity index (χ1) is 16.4. The Morgan fingerprint density at radius 3 is 2.62 bits per heavy atom. The summed E-state index contributed by atoms with van der Waals surface area (Å²) in [6.45, 7) is 2.13. The zero-order valence-corrected chi connectivity index (χ0v) is 19.8. The van der Waals surface area contributed by atoms with Crippen molar-refractivity contribution in [1.82, 2.24) is 26.2 Å². The highest BCUT2D eigenvalue weighted by Crippen LogP contribution is 2.31. The maximum absolute atomic E-state index is 13.3. The van der Waals surface area contributed by atoms with Crippen LogP contribution >= 0.6 is 0 Å². The number of hydrogen-bond acceptors (Lipinski definition) is 6. The number of carbonyl (C=O) groups is 4. The van der Waals surface area contributed by atoms with Gasteiger partial charge in [0.25, 0.3) is 6.47 Å². The van der Waals surface area contributed by atoms with Crippen LogP contribution in [-0.4, -0.2) is 72.1 Å². The standard InChI is InChI=1S/C23H33N5O3.CH2O2/c1-14(24-2)21(29)27-18-12-13-25-20-11-10-19(28(20)23(18)31)22(30)26-17-9-5-7-15-6-3-4-8-16(15)17;2-1-3/h3-4,6,8,14,17-20,24-25H,5,7,9-13H2,1-2H3,(H,26,30)(H,27,29);1H,(H,2,3)/t14-,17+,18-,19?,20+;/m0./s1. The lowest BCUT2D eigenvalue weighted by molar-refractivity contribution is -0.143. The van der Waals surface area contributed by atoms with E-state index >= 15 is 0 Å². The van der Waals surface area contributed by atoms with Gasteiger partial charge in [-0.05, 0) is 70.2 Å². The van der Waals surface area contributed by atoms with E-state index in [1.165, 1.54) is 11.1 Å². The Hall–Kier alpha value is -2.98. The molecule has 3 aliphatic rings. The lowest BCUT2D eigenvalue weighted by Crippen LogP contribution is -2.57. The van der Waals surface area contributed by atoms with Crippen molar-refractivity contribution in [2.75, 3.05) is 13.6 Å². The first kappa shape index (κ1) is 25.6. The van der Waals surface area contributed by atoms with E-state index in [-0.39, 0.29) is 42.4 Å². The van der Waals surface area contributed by atoms with Crippen molar-refractivity contribution < 1.29 is 24.3 Å². The van der Waals surface area contributed by atoms with E-state index in [0.29, 0.717) is 19.4 Å². The third kappa shape index (κ3) is 5.74. The summed E-state index contributed by atoms with van der Waals surface area (Å²) in [5, 5.41) is 19.2. The van der Waals surface area contributed by atoms with Gasteiger partial charge in [0.1, 0.15) is 12.1 Å². The maximum Gasteiger partial charge on any atom is 0.290 e. The summed E-state index contributed by atoms with van der Waals surface area (Å²) in [5.74, 6) is -0.485. The Kier molecular flexibility index (Phi) is 9.00. The zero-order chi connectivity index (χ0) is 24.7. The van der Waals surface area contributed by atoms with Crippen LogP contribution in [0.25, 0.3) is 0 Å². The summed E-state index contributed by atoms with van der Waals surface area (Å²) >= 11 is 0. The molecule has 4 rings (SSSR count). The minimum atomic E-state index is -0.621. The van der Waals surface area contributed by atoms with Crippen molar-refractivity contribution in [3.63, 3.8) is 0 Å². The molecule has 5 N–H and O–H groups in total. The van der Waals surface area contributed by atoms with Crippen LogP contribution in [0.1, 0.15) is 56.2 Å². The van der Waals surface area contributed by atoms with Crippen LogP contribution in [0.4, 0.5) is 0 Å². The fourth-order valence-electron chi connectivity index (χ4n) is 5.01. The molecule has 3 amide bonds. The monoisotopic (exact) mass is 473 g/mol. The van der Waals surface area contributed by atoms with Gasteiger partial charge in [-0.25, -0.2) is 0 Å². The van der Waals surface area contributed by atoms with E-state index in [2.05, 4.69) is 33.4 Å². The van der Waals surface area contributed by atoms with Crippen LogP contribution in [0.2, 0.25) is 0 Å². The Morgan fingerprint density at radius 1 is 1.15 bits per heavy atom. The molecule has 0 spiro atoms. The lowest BCUT2D eigenvalue weighted by atomic mass is 9.87. The molecule has 1 aromatic rings. The number of carbonyl (C=O) groups excluding carboxylic acids is 3. The van der Waals surface area contributed by atoms with E-state index in [1.54, 1.807) is 18.9 Å². The number of hydrogen-bond donors (Lipinski definition) is 5. The van der Waals surface area contributed by atoms with Crippen LogP contribution < -0.4 is 21.3 Å². The van der Waals surface area contributed by atoms with Crippen molar-refractivity contribution in [3.05, 3.63) is 35.4 Å². The third-order valence-corrected chi connectivity index (χ3v) is 6.88. The van der Waals surface area contributed by atoms with Gasteiger partial charge in [0.05, 0.1) is 18.2 Å². The molecule has 1 unspecified atom stereocenters. The van der Waals surface area contributed by atoms with Gasteiger partial charge in [-0.1, -0.05) is 24.3 Å². The fourth-order valence-corrected chi connectivity index (χ4v) is 5.01. The second-order valence-corrected chi connectivity index (χ2v) is 8.93. The van der Waals surface area contributed by atoms with E-state index in [4.69, 9.17) is 9.90 Å². The van der Waals surface area contributed by atoms with E-state index in [9.17, 15) is 14.4 Å². The van der Waals surface area contributed by atoms with E-state index in [1.807, 2.05) is 12.1 Å².